The molecule has 0 radical (unpaired) electrons. The fourth-order valence-corrected chi connectivity index (χ4v) is 5.74. The highest BCUT2D eigenvalue weighted by molar-refractivity contribution is 6.19. The average molecular weight is 538 g/mol. The lowest BCUT2D eigenvalue weighted by Gasteiger charge is -2.27. The van der Waals surface area contributed by atoms with E-state index in [2.05, 4.69) is 24.4 Å². The molecule has 6 heteroatoms. The summed E-state index contributed by atoms with van der Waals surface area (Å²) < 4.78 is 6.19. The number of hydrazone groups is 1. The van der Waals surface area contributed by atoms with Crippen molar-refractivity contribution in [1.29, 1.82) is 0 Å². The maximum Gasteiger partial charge on any atom is 0.259 e. The van der Waals surface area contributed by atoms with E-state index in [1.165, 1.54) is 11.1 Å². The Labute approximate surface area is 237 Å². The number of carbonyl (C=O) groups is 2. The van der Waals surface area contributed by atoms with E-state index in [9.17, 15) is 9.59 Å². The Morgan fingerprint density at radius 2 is 1.62 bits per heavy atom. The van der Waals surface area contributed by atoms with Gasteiger partial charge in [0.2, 0.25) is 0 Å². The zero-order valence-electron chi connectivity index (χ0n) is 23.8. The number of carbonyl (C=O) groups excluding carboxylic acids is 2. The second-order valence-corrected chi connectivity index (χ2v) is 11.7. The van der Waals surface area contributed by atoms with Gasteiger partial charge in [0, 0.05) is 5.56 Å². The standard InChI is InChI=1S/C34H39N3O3/c1-25-14-18-28(19-15-25)37-32(39)34(22-7-8-23-34)30(36-37)13-9-10-26-16-20-29(21-17-26)40-33(2,3)24-35-31(38)27-11-5-4-6-12-27/h4-6,11-12,14-21H,7-10,13,22-24H2,1-3H3,(H,35,38). The molecule has 0 aromatic heterocycles. The number of aryl methyl sites for hydroxylation is 2. The van der Waals surface area contributed by atoms with Gasteiger partial charge >= 0.3 is 0 Å². The van der Waals surface area contributed by atoms with Crippen LogP contribution in [-0.4, -0.2) is 29.7 Å². The molecule has 5 rings (SSSR count). The predicted octanol–water partition coefficient (Wildman–Crippen LogP) is 6.87. The lowest BCUT2D eigenvalue weighted by Crippen LogP contribution is -2.42. The Hall–Kier alpha value is -3.93. The normalized spacial score (nSPS) is 16.3. The van der Waals surface area contributed by atoms with Gasteiger partial charge in [0.15, 0.2) is 0 Å². The van der Waals surface area contributed by atoms with E-state index in [0.29, 0.717) is 12.1 Å². The second-order valence-electron chi connectivity index (χ2n) is 11.7. The monoisotopic (exact) mass is 537 g/mol. The molecule has 0 bridgehead atoms. The molecule has 40 heavy (non-hydrogen) atoms. The van der Waals surface area contributed by atoms with Crippen LogP contribution in [0.25, 0.3) is 0 Å². The van der Waals surface area contributed by atoms with E-state index in [-0.39, 0.29) is 11.8 Å². The third-order valence-corrected chi connectivity index (χ3v) is 8.02. The summed E-state index contributed by atoms with van der Waals surface area (Å²) >= 11 is 0. The number of rotatable bonds is 10. The van der Waals surface area contributed by atoms with Crippen LogP contribution in [0.2, 0.25) is 0 Å². The summed E-state index contributed by atoms with van der Waals surface area (Å²) in [5.74, 6) is 0.808. The molecule has 6 nitrogen and oxygen atoms in total. The minimum Gasteiger partial charge on any atom is -0.486 e. The number of nitrogens with one attached hydrogen (secondary N) is 1. The van der Waals surface area contributed by atoms with Crippen molar-refractivity contribution in [3.8, 4) is 5.75 Å². The predicted molar refractivity (Wildman–Crippen MR) is 160 cm³/mol. The molecule has 0 atom stereocenters. The van der Waals surface area contributed by atoms with Crippen LogP contribution in [0, 0.1) is 12.3 Å². The van der Waals surface area contributed by atoms with Crippen molar-refractivity contribution >= 4 is 23.2 Å². The van der Waals surface area contributed by atoms with Gasteiger partial charge in [-0.15, -0.1) is 0 Å². The average Bonchev–Trinajstić information content (AvgIpc) is 3.55. The van der Waals surface area contributed by atoms with Gasteiger partial charge in [-0.05, 0) is 94.8 Å². The Morgan fingerprint density at radius 1 is 0.950 bits per heavy atom. The first kappa shape index (κ1) is 27.6. The summed E-state index contributed by atoms with van der Waals surface area (Å²) in [6.07, 6.45) is 6.64. The van der Waals surface area contributed by atoms with Crippen LogP contribution < -0.4 is 15.1 Å². The first-order valence-electron chi connectivity index (χ1n) is 14.4. The maximum atomic E-state index is 13.5. The molecule has 1 saturated carbocycles. The molecule has 0 saturated heterocycles. The molecular formula is C34H39N3O3. The third kappa shape index (κ3) is 6.11. The van der Waals surface area contributed by atoms with Crippen molar-refractivity contribution in [2.45, 2.75) is 71.3 Å². The molecule has 208 valence electrons. The highest BCUT2D eigenvalue weighted by Gasteiger charge is 2.52. The van der Waals surface area contributed by atoms with Crippen LogP contribution >= 0.6 is 0 Å². The number of nitrogens with zero attached hydrogens (tertiary/aromatic N) is 2. The van der Waals surface area contributed by atoms with Gasteiger partial charge in [-0.3, -0.25) is 9.59 Å². The molecule has 1 N–H and O–H groups in total. The lowest BCUT2D eigenvalue weighted by atomic mass is 9.78. The molecule has 0 unspecified atom stereocenters. The van der Waals surface area contributed by atoms with Crippen LogP contribution in [0.4, 0.5) is 5.69 Å². The molecule has 2 aliphatic rings. The maximum absolute atomic E-state index is 13.5. The summed E-state index contributed by atoms with van der Waals surface area (Å²) in [5, 5.41) is 9.50. The van der Waals surface area contributed by atoms with Crippen molar-refractivity contribution in [1.82, 2.24) is 5.32 Å². The smallest absolute Gasteiger partial charge is 0.259 e. The Morgan fingerprint density at radius 3 is 2.30 bits per heavy atom. The number of amides is 2. The zero-order chi connectivity index (χ0) is 28.2. The van der Waals surface area contributed by atoms with Crippen molar-refractivity contribution in [2.24, 2.45) is 10.5 Å². The minimum absolute atomic E-state index is 0.109. The topological polar surface area (TPSA) is 71.0 Å². The minimum atomic E-state index is -0.558. The molecule has 1 heterocycles. The lowest BCUT2D eigenvalue weighted by molar-refractivity contribution is -0.123. The molecule has 3 aromatic rings. The summed E-state index contributed by atoms with van der Waals surface area (Å²) in [5.41, 5.74) is 3.97. The van der Waals surface area contributed by atoms with Crippen molar-refractivity contribution in [3.63, 3.8) is 0 Å². The Kier molecular flexibility index (Phi) is 8.06. The van der Waals surface area contributed by atoms with E-state index >= 15 is 0 Å². The van der Waals surface area contributed by atoms with Gasteiger partial charge in [0.1, 0.15) is 11.4 Å². The van der Waals surface area contributed by atoms with Gasteiger partial charge in [-0.2, -0.15) is 10.1 Å². The molecule has 1 aliphatic carbocycles. The largest absolute Gasteiger partial charge is 0.486 e. The van der Waals surface area contributed by atoms with E-state index in [0.717, 1.165) is 62.1 Å². The van der Waals surface area contributed by atoms with Crippen molar-refractivity contribution in [3.05, 3.63) is 95.6 Å². The molecule has 1 spiro atoms. The molecule has 1 aliphatic heterocycles. The highest BCUT2D eigenvalue weighted by atomic mass is 16.5. The highest BCUT2D eigenvalue weighted by Crippen LogP contribution is 2.46. The number of anilines is 1. The Bertz CT molecular complexity index is 1360. The van der Waals surface area contributed by atoms with E-state index in [4.69, 9.17) is 9.84 Å². The van der Waals surface area contributed by atoms with Gasteiger partial charge in [-0.1, -0.05) is 60.9 Å². The van der Waals surface area contributed by atoms with Gasteiger partial charge in [-0.25, -0.2) is 0 Å². The van der Waals surface area contributed by atoms with Crippen LogP contribution in [0.3, 0.4) is 0 Å². The van der Waals surface area contributed by atoms with E-state index in [1.54, 1.807) is 17.1 Å². The third-order valence-electron chi connectivity index (χ3n) is 8.02. The molecule has 3 aromatic carbocycles. The zero-order valence-corrected chi connectivity index (χ0v) is 23.8. The van der Waals surface area contributed by atoms with Crippen LogP contribution in [0.1, 0.15) is 73.9 Å². The van der Waals surface area contributed by atoms with Crippen LogP contribution in [-0.2, 0) is 11.2 Å². The van der Waals surface area contributed by atoms with Gasteiger partial charge < -0.3 is 10.1 Å². The van der Waals surface area contributed by atoms with Crippen molar-refractivity contribution < 1.29 is 14.3 Å². The van der Waals surface area contributed by atoms with Crippen LogP contribution in [0.15, 0.2) is 84.0 Å². The number of ether oxygens (including phenoxy) is 1. The fraction of sp³-hybridized carbons (Fsp3) is 0.382. The summed E-state index contributed by atoms with van der Waals surface area (Å²) in [6, 6.07) is 25.4. The summed E-state index contributed by atoms with van der Waals surface area (Å²) in [6.45, 7) is 6.38. The van der Waals surface area contributed by atoms with Crippen molar-refractivity contribution in [2.75, 3.05) is 11.6 Å². The van der Waals surface area contributed by atoms with Crippen LogP contribution in [0.5, 0.6) is 5.75 Å². The number of benzene rings is 3. The quantitative estimate of drug-likeness (QED) is 0.307. The second kappa shape index (κ2) is 11.7. The molecule has 2 amide bonds. The summed E-state index contributed by atoms with van der Waals surface area (Å²) in [7, 11) is 0. The molecule has 1 fully saturated rings. The fourth-order valence-electron chi connectivity index (χ4n) is 5.74. The SMILES string of the molecule is Cc1ccc(N2N=C(CCCc3ccc(OC(C)(C)CNC(=O)c4ccccc4)cc3)C3(CCCC3)C2=O)cc1. The van der Waals surface area contributed by atoms with Gasteiger partial charge in [0.25, 0.3) is 11.8 Å². The molecular weight excluding hydrogens is 498 g/mol. The van der Waals surface area contributed by atoms with Gasteiger partial charge in [0.05, 0.1) is 23.4 Å². The number of hydrogen-bond donors (Lipinski definition) is 1. The first-order chi connectivity index (χ1) is 19.3. The number of hydrogen-bond acceptors (Lipinski definition) is 4. The van der Waals surface area contributed by atoms with E-state index in [1.807, 2.05) is 68.4 Å². The Balaban J connectivity index is 1.15. The first-order valence-corrected chi connectivity index (χ1v) is 14.4. The van der Waals surface area contributed by atoms with E-state index < -0.39 is 11.0 Å². The summed E-state index contributed by atoms with van der Waals surface area (Å²) in [4.78, 5) is 25.9.